The Hall–Kier alpha value is -1.04. The van der Waals surface area contributed by atoms with E-state index in [0.717, 1.165) is 35.0 Å². The van der Waals surface area contributed by atoms with Crippen LogP contribution < -0.4 is 0 Å². The summed E-state index contributed by atoms with van der Waals surface area (Å²) >= 11 is 2.29. The SMILES string of the molecule is Cc1ccc(S(=O)(=O)N2CCSN(S(=O)(=O)c3ccc(C)cc3)CCS2)cc1. The minimum atomic E-state index is -3.61. The Morgan fingerprint density at radius 2 is 0.964 bits per heavy atom. The van der Waals surface area contributed by atoms with E-state index in [9.17, 15) is 16.8 Å². The van der Waals surface area contributed by atoms with Gasteiger partial charge in [-0.05, 0) is 38.1 Å². The van der Waals surface area contributed by atoms with Crippen molar-refractivity contribution in [2.45, 2.75) is 23.6 Å². The Morgan fingerprint density at radius 1 is 0.643 bits per heavy atom. The minimum absolute atomic E-state index is 0.228. The molecule has 0 unspecified atom stereocenters. The van der Waals surface area contributed by atoms with E-state index in [2.05, 4.69) is 0 Å². The number of hydrogen-bond donors (Lipinski definition) is 0. The van der Waals surface area contributed by atoms with Gasteiger partial charge >= 0.3 is 0 Å². The van der Waals surface area contributed by atoms with Crippen molar-refractivity contribution in [3.8, 4) is 0 Å². The molecule has 3 rings (SSSR count). The van der Waals surface area contributed by atoms with Crippen LogP contribution in [0.25, 0.3) is 0 Å². The van der Waals surface area contributed by atoms with Crippen LogP contribution in [0.3, 0.4) is 0 Å². The van der Waals surface area contributed by atoms with Gasteiger partial charge in [0.2, 0.25) is 0 Å². The highest BCUT2D eigenvalue weighted by Gasteiger charge is 2.31. The topological polar surface area (TPSA) is 74.8 Å². The molecule has 1 aliphatic rings. The first-order valence-electron chi connectivity index (χ1n) is 8.66. The van der Waals surface area contributed by atoms with Gasteiger partial charge in [-0.15, -0.1) is 7.42 Å². The van der Waals surface area contributed by atoms with Crippen LogP contribution >= 0.6 is 23.9 Å². The first kappa shape index (κ1) is 21.7. The Morgan fingerprint density at radius 3 is 1.29 bits per heavy atom. The largest absolute Gasteiger partial charge is 0.252 e. The molecule has 28 heavy (non-hydrogen) atoms. The maximum absolute atomic E-state index is 12.9. The van der Waals surface area contributed by atoms with Crippen LogP contribution in [-0.4, -0.2) is 48.9 Å². The van der Waals surface area contributed by atoms with Crippen LogP contribution in [0, 0.1) is 13.8 Å². The molecule has 1 fully saturated rings. The minimum Gasteiger partial charge on any atom is -0.206 e. The first-order chi connectivity index (χ1) is 13.2. The van der Waals surface area contributed by atoms with Gasteiger partial charge in [0.15, 0.2) is 0 Å². The Bertz CT molecular complexity index is 927. The molecule has 6 nitrogen and oxygen atoms in total. The van der Waals surface area contributed by atoms with Gasteiger partial charge < -0.3 is 0 Å². The Balaban J connectivity index is 1.72. The van der Waals surface area contributed by atoms with E-state index in [0.29, 0.717) is 11.5 Å². The molecule has 0 radical (unpaired) electrons. The second-order valence-electron chi connectivity index (χ2n) is 6.36. The van der Waals surface area contributed by atoms with E-state index in [1.807, 2.05) is 13.8 Å². The zero-order valence-electron chi connectivity index (χ0n) is 15.6. The average molecular weight is 459 g/mol. The van der Waals surface area contributed by atoms with Crippen molar-refractivity contribution in [2.75, 3.05) is 24.6 Å². The molecule has 0 atom stereocenters. The van der Waals surface area contributed by atoms with E-state index in [1.54, 1.807) is 48.5 Å². The van der Waals surface area contributed by atoms with Gasteiger partial charge in [0, 0.05) is 24.6 Å². The summed E-state index contributed by atoms with van der Waals surface area (Å²) in [5.74, 6) is 0.701. The van der Waals surface area contributed by atoms with Gasteiger partial charge in [0.05, 0.1) is 9.79 Å². The molecule has 1 saturated heterocycles. The number of rotatable bonds is 4. The highest BCUT2D eigenvalue weighted by molar-refractivity contribution is 8.10. The van der Waals surface area contributed by atoms with Gasteiger partial charge in [-0.3, -0.25) is 0 Å². The summed E-state index contributed by atoms with van der Waals surface area (Å²) in [7, 11) is -7.23. The predicted molar refractivity (Wildman–Crippen MR) is 115 cm³/mol. The maximum atomic E-state index is 12.9. The number of sulfonamides is 2. The van der Waals surface area contributed by atoms with E-state index in [-0.39, 0.29) is 22.9 Å². The fourth-order valence-corrected chi connectivity index (χ4v) is 8.60. The van der Waals surface area contributed by atoms with Crippen LogP contribution in [-0.2, 0) is 20.0 Å². The zero-order valence-corrected chi connectivity index (χ0v) is 18.9. The number of benzene rings is 2. The molecule has 1 aliphatic heterocycles. The summed E-state index contributed by atoms with van der Waals surface area (Å²) in [5.41, 5.74) is 1.98. The second-order valence-corrected chi connectivity index (χ2v) is 12.8. The lowest BCUT2D eigenvalue weighted by molar-refractivity contribution is 0.541. The van der Waals surface area contributed by atoms with Crippen molar-refractivity contribution in [1.82, 2.24) is 7.42 Å². The van der Waals surface area contributed by atoms with Crippen LogP contribution in [0.4, 0.5) is 0 Å². The average Bonchev–Trinajstić information content (AvgIpc) is 2.62. The Kier molecular flexibility index (Phi) is 6.78. The summed E-state index contributed by atoms with van der Waals surface area (Å²) in [4.78, 5) is 0.501. The van der Waals surface area contributed by atoms with Gasteiger partial charge in [0.25, 0.3) is 20.0 Å². The summed E-state index contributed by atoms with van der Waals surface area (Å²) in [6.45, 7) is 4.26. The molecular formula is C18H22N2O4S4. The monoisotopic (exact) mass is 458 g/mol. The summed E-state index contributed by atoms with van der Waals surface area (Å²) in [6, 6.07) is 13.5. The molecule has 0 bridgehead atoms. The molecule has 2 aromatic carbocycles. The smallest absolute Gasteiger partial charge is 0.206 e. The molecule has 152 valence electrons. The van der Waals surface area contributed by atoms with Crippen LogP contribution in [0.1, 0.15) is 11.1 Å². The number of hydrogen-bond acceptors (Lipinski definition) is 6. The fourth-order valence-electron chi connectivity index (χ4n) is 2.60. The quantitative estimate of drug-likeness (QED) is 0.655. The number of aryl methyl sites for hydroxylation is 2. The molecule has 0 aliphatic carbocycles. The van der Waals surface area contributed by atoms with E-state index >= 15 is 0 Å². The lowest BCUT2D eigenvalue weighted by atomic mass is 10.2. The van der Waals surface area contributed by atoms with Crippen molar-refractivity contribution in [3.63, 3.8) is 0 Å². The van der Waals surface area contributed by atoms with Gasteiger partial charge in [-0.25, -0.2) is 16.8 Å². The van der Waals surface area contributed by atoms with Crippen molar-refractivity contribution in [2.24, 2.45) is 0 Å². The lowest BCUT2D eigenvalue weighted by Gasteiger charge is -2.28. The predicted octanol–water partition coefficient (Wildman–Crippen LogP) is 3.30. The third-order valence-corrected chi connectivity index (χ3v) is 10.8. The molecule has 0 amide bonds. The summed E-state index contributed by atoms with van der Waals surface area (Å²) < 4.78 is 54.2. The fraction of sp³-hybridized carbons (Fsp3) is 0.333. The molecule has 10 heteroatoms. The van der Waals surface area contributed by atoms with Gasteiger partial charge in [-0.1, -0.05) is 59.3 Å². The molecular weight excluding hydrogens is 436 g/mol. The molecule has 0 spiro atoms. The molecule has 0 saturated carbocycles. The van der Waals surface area contributed by atoms with E-state index in [4.69, 9.17) is 0 Å². The van der Waals surface area contributed by atoms with Crippen molar-refractivity contribution in [1.29, 1.82) is 0 Å². The van der Waals surface area contributed by atoms with Crippen molar-refractivity contribution in [3.05, 3.63) is 59.7 Å². The van der Waals surface area contributed by atoms with Gasteiger partial charge in [-0.2, -0.15) is 0 Å². The van der Waals surface area contributed by atoms with Crippen molar-refractivity contribution >= 4 is 43.9 Å². The normalized spacial score (nSPS) is 17.8. The van der Waals surface area contributed by atoms with E-state index < -0.39 is 20.0 Å². The van der Waals surface area contributed by atoms with Crippen LogP contribution in [0.2, 0.25) is 0 Å². The summed E-state index contributed by atoms with van der Waals surface area (Å²) in [6.07, 6.45) is 0. The van der Waals surface area contributed by atoms with Gasteiger partial charge in [0.1, 0.15) is 0 Å². The third kappa shape index (κ3) is 4.74. The van der Waals surface area contributed by atoms with E-state index in [1.165, 1.54) is 7.42 Å². The highest BCUT2D eigenvalue weighted by atomic mass is 32.3. The second kappa shape index (κ2) is 8.76. The van der Waals surface area contributed by atoms with Crippen molar-refractivity contribution < 1.29 is 16.8 Å². The Labute approximate surface area is 175 Å². The summed E-state index contributed by atoms with van der Waals surface area (Å²) in [5, 5.41) is 0. The number of nitrogens with zero attached hydrogens (tertiary/aromatic N) is 2. The molecule has 1 heterocycles. The maximum Gasteiger partial charge on any atom is 0.252 e. The first-order valence-corrected chi connectivity index (χ1v) is 13.4. The van der Waals surface area contributed by atoms with Crippen LogP contribution in [0.5, 0.6) is 0 Å². The molecule has 0 aromatic heterocycles. The third-order valence-electron chi connectivity index (χ3n) is 4.19. The highest BCUT2D eigenvalue weighted by Crippen LogP contribution is 2.30. The lowest BCUT2D eigenvalue weighted by Crippen LogP contribution is -2.35. The molecule has 2 aromatic rings. The molecule has 0 N–H and O–H groups in total. The van der Waals surface area contributed by atoms with Crippen LogP contribution in [0.15, 0.2) is 58.3 Å². The standard InChI is InChI=1S/C18H22N2O4S4/c1-15-3-7-17(8-4-15)27(21,22)19-11-13-26-20(12-14-25-19)28(23,24)18-9-5-16(2)6-10-18/h3-10H,11-14H2,1-2H3. The zero-order chi connectivity index (χ0) is 20.4.